The van der Waals surface area contributed by atoms with Crippen molar-refractivity contribution in [3.63, 3.8) is 0 Å². The number of thioether (sulfide) groups is 1. The number of hydrogen-bond donors (Lipinski definition) is 0. The molecule has 0 aliphatic heterocycles. The van der Waals surface area contributed by atoms with Gasteiger partial charge in [-0.3, -0.25) is 14.7 Å². The van der Waals surface area contributed by atoms with Crippen LogP contribution >= 0.6 is 11.8 Å². The normalized spacial score (nSPS) is 10.9. The molecule has 0 N–H and O–H groups in total. The summed E-state index contributed by atoms with van der Waals surface area (Å²) in [5.41, 5.74) is 2.50. The maximum Gasteiger partial charge on any atom is 0.269 e. The average molecular weight is 393 g/mol. The number of non-ortho nitro benzene ring substituents is 1. The van der Waals surface area contributed by atoms with Gasteiger partial charge in [-0.1, -0.05) is 35.1 Å². The number of para-hydroxylation sites is 1. The molecule has 0 fully saturated rings. The second-order valence-electron chi connectivity index (χ2n) is 6.00. The summed E-state index contributed by atoms with van der Waals surface area (Å²) in [5, 5.41) is 24.3. The third-order valence-corrected chi connectivity index (χ3v) is 4.97. The summed E-state index contributed by atoms with van der Waals surface area (Å²) in [6.45, 7) is 1.85. The van der Waals surface area contributed by atoms with Gasteiger partial charge in [0.25, 0.3) is 5.69 Å². The van der Waals surface area contributed by atoms with Crippen LogP contribution in [-0.4, -0.2) is 24.8 Å². The van der Waals surface area contributed by atoms with Crippen molar-refractivity contribution in [3.05, 3.63) is 82.2 Å². The van der Waals surface area contributed by atoms with Crippen molar-refractivity contribution in [3.8, 4) is 17.1 Å². The molecule has 2 aromatic heterocycles. The first-order valence-corrected chi connectivity index (χ1v) is 9.41. The summed E-state index contributed by atoms with van der Waals surface area (Å²) in [6.07, 6.45) is 0. The molecule has 2 aromatic carbocycles. The molecule has 0 aliphatic carbocycles. The lowest BCUT2D eigenvalue weighted by atomic mass is 10.2. The number of rotatable bonds is 6. The van der Waals surface area contributed by atoms with Crippen molar-refractivity contribution < 1.29 is 9.45 Å². The summed E-state index contributed by atoms with van der Waals surface area (Å²) < 4.78 is 7.04. The summed E-state index contributed by atoms with van der Waals surface area (Å²) in [4.78, 5) is 10.5. The van der Waals surface area contributed by atoms with Crippen LogP contribution in [-0.2, 0) is 5.75 Å². The van der Waals surface area contributed by atoms with Crippen LogP contribution in [0.5, 0.6) is 0 Å². The van der Waals surface area contributed by atoms with Gasteiger partial charge in [0.2, 0.25) is 0 Å². The lowest BCUT2D eigenvalue weighted by Crippen LogP contribution is -2.00. The van der Waals surface area contributed by atoms with Crippen LogP contribution in [0.25, 0.3) is 17.1 Å². The number of nitro groups is 1. The maximum atomic E-state index is 10.9. The smallest absolute Gasteiger partial charge is 0.269 e. The van der Waals surface area contributed by atoms with Gasteiger partial charge >= 0.3 is 0 Å². The van der Waals surface area contributed by atoms with E-state index in [4.69, 9.17) is 4.52 Å². The SMILES string of the molecule is Cc1cc(CSc2nnc(-c3ccc([N+](=O)[O-])cc3)n2-c2ccccc2)no1. The van der Waals surface area contributed by atoms with Gasteiger partial charge in [-0.25, -0.2) is 0 Å². The zero-order valence-corrected chi connectivity index (χ0v) is 15.7. The number of hydrogen-bond acceptors (Lipinski definition) is 7. The van der Waals surface area contributed by atoms with E-state index in [1.807, 2.05) is 47.9 Å². The minimum Gasteiger partial charge on any atom is -0.361 e. The molecule has 0 spiro atoms. The molecule has 9 heteroatoms. The molecular formula is C19H15N5O3S. The third kappa shape index (κ3) is 3.65. The molecule has 2 heterocycles. The number of aromatic nitrogens is 4. The van der Waals surface area contributed by atoms with E-state index in [2.05, 4.69) is 15.4 Å². The van der Waals surface area contributed by atoms with Crippen molar-refractivity contribution in [1.29, 1.82) is 0 Å². The summed E-state index contributed by atoms with van der Waals surface area (Å²) in [6, 6.07) is 17.9. The van der Waals surface area contributed by atoms with Crippen LogP contribution in [0, 0.1) is 17.0 Å². The van der Waals surface area contributed by atoms with Gasteiger partial charge in [0.15, 0.2) is 11.0 Å². The second-order valence-corrected chi connectivity index (χ2v) is 6.94. The largest absolute Gasteiger partial charge is 0.361 e. The maximum absolute atomic E-state index is 10.9. The van der Waals surface area contributed by atoms with Gasteiger partial charge in [-0.15, -0.1) is 10.2 Å². The van der Waals surface area contributed by atoms with E-state index in [1.54, 1.807) is 12.1 Å². The second kappa shape index (κ2) is 7.65. The van der Waals surface area contributed by atoms with Crippen molar-refractivity contribution in [2.45, 2.75) is 17.8 Å². The molecule has 0 radical (unpaired) electrons. The Labute approximate surface area is 164 Å². The molecule has 8 nitrogen and oxygen atoms in total. The van der Waals surface area contributed by atoms with Gasteiger partial charge in [0.05, 0.1) is 10.6 Å². The molecule has 0 saturated carbocycles. The van der Waals surface area contributed by atoms with Crippen molar-refractivity contribution in [2.75, 3.05) is 0 Å². The Bertz CT molecular complexity index is 1110. The van der Waals surface area contributed by atoms with Gasteiger partial charge in [0, 0.05) is 35.2 Å². The Morgan fingerprint density at radius 3 is 2.50 bits per heavy atom. The van der Waals surface area contributed by atoms with Gasteiger partial charge in [-0.2, -0.15) is 0 Å². The Kier molecular flexibility index (Phi) is 4.90. The molecule has 0 amide bonds. The molecule has 0 atom stereocenters. The molecule has 0 unspecified atom stereocenters. The van der Waals surface area contributed by atoms with Crippen LogP contribution in [0.4, 0.5) is 5.69 Å². The molecule has 4 aromatic rings. The van der Waals surface area contributed by atoms with E-state index >= 15 is 0 Å². The highest BCUT2D eigenvalue weighted by Gasteiger charge is 2.17. The first-order chi connectivity index (χ1) is 13.6. The highest BCUT2D eigenvalue weighted by atomic mass is 32.2. The van der Waals surface area contributed by atoms with Crippen molar-refractivity contribution in [1.82, 2.24) is 19.9 Å². The molecule has 0 bridgehead atoms. The van der Waals surface area contributed by atoms with E-state index < -0.39 is 4.92 Å². The third-order valence-electron chi connectivity index (χ3n) is 4.01. The van der Waals surface area contributed by atoms with Gasteiger partial charge < -0.3 is 4.52 Å². The van der Waals surface area contributed by atoms with Crippen LogP contribution in [0.1, 0.15) is 11.5 Å². The van der Waals surface area contributed by atoms with E-state index in [-0.39, 0.29) is 5.69 Å². The van der Waals surface area contributed by atoms with E-state index in [9.17, 15) is 10.1 Å². The highest BCUT2D eigenvalue weighted by molar-refractivity contribution is 7.98. The lowest BCUT2D eigenvalue weighted by Gasteiger charge is -2.10. The highest BCUT2D eigenvalue weighted by Crippen LogP contribution is 2.30. The number of benzene rings is 2. The minimum atomic E-state index is -0.424. The zero-order chi connectivity index (χ0) is 19.5. The number of nitrogens with zero attached hydrogens (tertiary/aromatic N) is 5. The van der Waals surface area contributed by atoms with Crippen LogP contribution in [0.2, 0.25) is 0 Å². The van der Waals surface area contributed by atoms with Crippen LogP contribution in [0.15, 0.2) is 70.3 Å². The predicted molar refractivity (Wildman–Crippen MR) is 104 cm³/mol. The summed E-state index contributed by atoms with van der Waals surface area (Å²) in [5.74, 6) is 1.95. The van der Waals surface area contributed by atoms with E-state index in [0.29, 0.717) is 16.7 Å². The fourth-order valence-corrected chi connectivity index (χ4v) is 3.55. The first-order valence-electron chi connectivity index (χ1n) is 8.42. The molecule has 0 aliphatic rings. The van der Waals surface area contributed by atoms with Crippen molar-refractivity contribution >= 4 is 17.4 Å². The molecule has 28 heavy (non-hydrogen) atoms. The topological polar surface area (TPSA) is 99.9 Å². The van der Waals surface area contributed by atoms with Crippen LogP contribution < -0.4 is 0 Å². The Hall–Kier alpha value is -3.46. The van der Waals surface area contributed by atoms with Crippen molar-refractivity contribution in [2.24, 2.45) is 0 Å². The first kappa shape index (κ1) is 17.9. The van der Waals surface area contributed by atoms with E-state index in [0.717, 1.165) is 22.7 Å². The quantitative estimate of drug-likeness (QED) is 0.271. The monoisotopic (exact) mass is 393 g/mol. The number of nitro benzene ring substituents is 1. The molecule has 140 valence electrons. The molecule has 4 rings (SSSR count). The summed E-state index contributed by atoms with van der Waals surface area (Å²) in [7, 11) is 0. The van der Waals surface area contributed by atoms with Gasteiger partial charge in [0.1, 0.15) is 5.76 Å². The fraction of sp³-hybridized carbons (Fsp3) is 0.105. The van der Waals surface area contributed by atoms with Gasteiger partial charge in [-0.05, 0) is 31.2 Å². The van der Waals surface area contributed by atoms with Crippen LogP contribution in [0.3, 0.4) is 0 Å². The zero-order valence-electron chi connectivity index (χ0n) is 14.8. The Balaban J connectivity index is 1.72. The predicted octanol–water partition coefficient (Wildman–Crippen LogP) is 4.43. The molecular weight excluding hydrogens is 378 g/mol. The van der Waals surface area contributed by atoms with E-state index in [1.165, 1.54) is 23.9 Å². The standard InChI is InChI=1S/C19H15N5O3S/c1-13-11-15(22-27-13)12-28-19-21-20-18(23(19)16-5-3-2-4-6-16)14-7-9-17(10-8-14)24(25)26/h2-11H,12H2,1H3. The minimum absolute atomic E-state index is 0.0329. The average Bonchev–Trinajstić information content (AvgIpc) is 3.33. The Morgan fingerprint density at radius 1 is 1.11 bits per heavy atom. The fourth-order valence-electron chi connectivity index (χ4n) is 2.72. The number of aryl methyl sites for hydroxylation is 1. The summed E-state index contributed by atoms with van der Waals surface area (Å²) >= 11 is 1.49. The lowest BCUT2D eigenvalue weighted by molar-refractivity contribution is -0.384. The Morgan fingerprint density at radius 2 is 1.86 bits per heavy atom. The molecule has 0 saturated heterocycles.